The maximum atomic E-state index is 14.1. The molecule has 1 aromatic heterocycles. The lowest BCUT2D eigenvalue weighted by atomic mass is 10.1. The van der Waals surface area contributed by atoms with Gasteiger partial charge in [0, 0.05) is 7.05 Å². The number of rotatable bonds is 6. The fraction of sp³-hybridized carbons (Fsp3) is 0.263. The first-order valence-corrected chi connectivity index (χ1v) is 10.5. The van der Waals surface area contributed by atoms with E-state index in [4.69, 9.17) is 5.26 Å². The van der Waals surface area contributed by atoms with Gasteiger partial charge in [0.05, 0.1) is 33.7 Å². The van der Waals surface area contributed by atoms with Gasteiger partial charge in [-0.25, -0.2) is 17.8 Å². The Morgan fingerprint density at radius 2 is 1.88 bits per heavy atom. The number of amides is 2. The second-order valence-electron chi connectivity index (χ2n) is 6.94. The van der Waals surface area contributed by atoms with E-state index in [1.165, 1.54) is 13.1 Å². The van der Waals surface area contributed by atoms with Crippen molar-refractivity contribution in [3.8, 4) is 6.07 Å². The Balaban J connectivity index is 2.28. The summed E-state index contributed by atoms with van der Waals surface area (Å²) in [5.74, 6) is -4.63. The lowest BCUT2D eigenvalue weighted by Crippen LogP contribution is -2.45. The molecule has 9 nitrogen and oxygen atoms in total. The third-order valence-corrected chi connectivity index (χ3v) is 6.20. The lowest BCUT2D eigenvalue weighted by molar-refractivity contribution is -0.138. The molecule has 2 rings (SSSR count). The molecule has 2 aromatic rings. The average molecular weight is 488 g/mol. The molecule has 14 heteroatoms. The third kappa shape index (κ3) is 5.82. The van der Waals surface area contributed by atoms with Gasteiger partial charge in [0.1, 0.15) is 11.9 Å². The van der Waals surface area contributed by atoms with E-state index < -0.39 is 72.4 Å². The van der Waals surface area contributed by atoms with Crippen LogP contribution in [0.5, 0.6) is 0 Å². The molecule has 0 aliphatic heterocycles. The normalized spacial score (nSPS) is 13.5. The van der Waals surface area contributed by atoms with Crippen LogP contribution in [-0.4, -0.2) is 48.7 Å². The van der Waals surface area contributed by atoms with E-state index >= 15 is 0 Å². The molecule has 0 saturated carbocycles. The summed E-state index contributed by atoms with van der Waals surface area (Å²) in [7, 11) is -3.25. The number of carbonyl (C=O) groups excluding carboxylic acids is 2. The average Bonchev–Trinajstić information content (AvgIpc) is 2.71. The van der Waals surface area contributed by atoms with Crippen LogP contribution in [0.25, 0.3) is 0 Å². The lowest BCUT2D eigenvalue weighted by Gasteiger charge is -2.22. The van der Waals surface area contributed by atoms with Gasteiger partial charge in [0.25, 0.3) is 11.8 Å². The molecule has 0 aliphatic carbocycles. The van der Waals surface area contributed by atoms with E-state index in [0.29, 0.717) is 12.1 Å². The first-order valence-electron chi connectivity index (χ1n) is 8.88. The predicted molar refractivity (Wildman–Crippen MR) is 105 cm³/mol. The summed E-state index contributed by atoms with van der Waals surface area (Å²) in [6, 6.07) is 3.99. The maximum absolute atomic E-state index is 14.1. The monoisotopic (exact) mass is 488 g/mol. The molecule has 0 fully saturated rings. The van der Waals surface area contributed by atoms with Crippen molar-refractivity contribution in [2.75, 3.05) is 18.1 Å². The van der Waals surface area contributed by atoms with Crippen molar-refractivity contribution in [1.82, 2.24) is 10.3 Å². The largest absolute Gasteiger partial charge is 0.419 e. The number of aliphatic hydroxyl groups is 1. The quantitative estimate of drug-likeness (QED) is 0.523. The summed E-state index contributed by atoms with van der Waals surface area (Å²) in [5.41, 5.74) is -6.04. The first-order chi connectivity index (χ1) is 15.1. The highest BCUT2D eigenvalue weighted by Crippen LogP contribution is 2.32. The summed E-state index contributed by atoms with van der Waals surface area (Å²) < 4.78 is 78.4. The SMILES string of the molecule is CNC(=O)c1ccc(S(=O)(=O)C[C@](C)(O)C(=O)Nc2cnc(C#N)c(C(F)(F)F)c2)cc1F. The fourth-order valence-corrected chi connectivity index (χ4v) is 4.23. The van der Waals surface area contributed by atoms with E-state index in [9.17, 15) is 40.7 Å². The number of pyridine rings is 1. The summed E-state index contributed by atoms with van der Waals surface area (Å²) in [5, 5.41) is 23.2. The molecule has 0 radical (unpaired) electrons. The zero-order valence-electron chi connectivity index (χ0n) is 17.0. The standard InChI is InChI=1S/C19H16F4N4O5S/c1-18(30,9-33(31,32)11-3-4-12(14(20)6-11)16(28)25-2)17(29)27-10-5-13(19(21,22)23)15(7-24)26-8-10/h3-6,8,30H,9H2,1-2H3,(H,25,28)(H,27,29)/t18-/m0/s1. The third-order valence-electron chi connectivity index (χ3n) is 4.29. The molecule has 0 spiro atoms. The summed E-state index contributed by atoms with van der Waals surface area (Å²) >= 11 is 0. The zero-order valence-corrected chi connectivity index (χ0v) is 17.8. The summed E-state index contributed by atoms with van der Waals surface area (Å²) in [6.45, 7) is 0.789. The van der Waals surface area contributed by atoms with Crippen LogP contribution in [0.2, 0.25) is 0 Å². The number of nitriles is 1. The number of anilines is 1. The maximum Gasteiger partial charge on any atom is 0.419 e. The number of hydrogen-bond acceptors (Lipinski definition) is 7. The number of halogens is 4. The smallest absolute Gasteiger partial charge is 0.379 e. The van der Waals surface area contributed by atoms with E-state index in [0.717, 1.165) is 25.3 Å². The van der Waals surface area contributed by atoms with Crippen LogP contribution < -0.4 is 10.6 Å². The van der Waals surface area contributed by atoms with Crippen molar-refractivity contribution in [3.05, 3.63) is 53.1 Å². The van der Waals surface area contributed by atoms with Crippen LogP contribution >= 0.6 is 0 Å². The minimum Gasteiger partial charge on any atom is -0.379 e. The van der Waals surface area contributed by atoms with Gasteiger partial charge < -0.3 is 15.7 Å². The number of sulfone groups is 1. The summed E-state index contributed by atoms with van der Waals surface area (Å²) in [6.07, 6.45) is -4.24. The molecule has 176 valence electrons. The Hall–Kier alpha value is -3.57. The van der Waals surface area contributed by atoms with Gasteiger partial charge in [-0.3, -0.25) is 9.59 Å². The van der Waals surface area contributed by atoms with Gasteiger partial charge in [-0.15, -0.1) is 0 Å². The molecule has 2 amide bonds. The van der Waals surface area contributed by atoms with Crippen LogP contribution in [0.3, 0.4) is 0 Å². The second-order valence-corrected chi connectivity index (χ2v) is 8.93. The number of aromatic nitrogens is 1. The number of hydrogen-bond donors (Lipinski definition) is 3. The Morgan fingerprint density at radius 3 is 2.39 bits per heavy atom. The molecule has 1 aromatic carbocycles. The van der Waals surface area contributed by atoms with Gasteiger partial charge in [-0.1, -0.05) is 0 Å². The van der Waals surface area contributed by atoms with Crippen molar-refractivity contribution in [1.29, 1.82) is 5.26 Å². The number of nitrogens with zero attached hydrogens (tertiary/aromatic N) is 2. The van der Waals surface area contributed by atoms with Crippen molar-refractivity contribution in [3.63, 3.8) is 0 Å². The van der Waals surface area contributed by atoms with Crippen molar-refractivity contribution < 1.29 is 40.7 Å². The Kier molecular flexibility index (Phi) is 7.10. The van der Waals surface area contributed by atoms with Crippen LogP contribution in [0.4, 0.5) is 23.2 Å². The Morgan fingerprint density at radius 1 is 1.24 bits per heavy atom. The van der Waals surface area contributed by atoms with Crippen LogP contribution in [0.1, 0.15) is 28.5 Å². The highest BCUT2D eigenvalue weighted by molar-refractivity contribution is 7.91. The number of alkyl halides is 3. The topological polar surface area (TPSA) is 149 Å². The van der Waals surface area contributed by atoms with Crippen LogP contribution in [-0.2, 0) is 20.8 Å². The molecule has 33 heavy (non-hydrogen) atoms. The van der Waals surface area contributed by atoms with E-state index in [1.54, 1.807) is 0 Å². The molecule has 0 saturated heterocycles. The van der Waals surface area contributed by atoms with E-state index in [-0.39, 0.29) is 0 Å². The molecule has 0 aliphatic rings. The minimum absolute atomic E-state index is 0.404. The Bertz CT molecular complexity index is 1250. The number of benzene rings is 1. The first kappa shape index (κ1) is 25.7. The highest BCUT2D eigenvalue weighted by Gasteiger charge is 2.38. The van der Waals surface area contributed by atoms with Crippen molar-refractivity contribution >= 4 is 27.3 Å². The van der Waals surface area contributed by atoms with Crippen LogP contribution in [0, 0.1) is 17.1 Å². The van der Waals surface area contributed by atoms with Gasteiger partial charge >= 0.3 is 6.18 Å². The van der Waals surface area contributed by atoms with Crippen LogP contribution in [0.15, 0.2) is 35.4 Å². The van der Waals surface area contributed by atoms with E-state index in [2.05, 4.69) is 10.3 Å². The highest BCUT2D eigenvalue weighted by atomic mass is 32.2. The van der Waals surface area contributed by atoms with Gasteiger partial charge in [-0.05, 0) is 31.2 Å². The molecule has 0 bridgehead atoms. The van der Waals surface area contributed by atoms with Gasteiger partial charge in [0.2, 0.25) is 0 Å². The number of nitrogens with one attached hydrogen (secondary N) is 2. The van der Waals surface area contributed by atoms with Crippen molar-refractivity contribution in [2.24, 2.45) is 0 Å². The molecule has 0 unspecified atom stereocenters. The van der Waals surface area contributed by atoms with Gasteiger partial charge in [0.15, 0.2) is 21.1 Å². The molecule has 1 heterocycles. The fourth-order valence-electron chi connectivity index (χ4n) is 2.63. The molecular weight excluding hydrogens is 472 g/mol. The van der Waals surface area contributed by atoms with Crippen molar-refractivity contribution in [2.45, 2.75) is 23.6 Å². The zero-order chi connectivity index (χ0) is 25.2. The summed E-state index contributed by atoms with van der Waals surface area (Å²) in [4.78, 5) is 26.6. The Labute approximate surface area is 185 Å². The van der Waals surface area contributed by atoms with E-state index in [1.807, 2.05) is 5.32 Å². The minimum atomic E-state index is -4.96. The number of carbonyl (C=O) groups is 2. The molecule has 1 atom stereocenters. The second kappa shape index (κ2) is 9.12. The molecule has 3 N–H and O–H groups in total. The van der Waals surface area contributed by atoms with Gasteiger partial charge in [-0.2, -0.15) is 18.4 Å². The predicted octanol–water partition coefficient (Wildman–Crippen LogP) is 1.63. The molecular formula is C19H16F4N4O5S.